The molecule has 6 N–H and O–H groups in total. The molecule has 6 heteroatoms. The zero-order chi connectivity index (χ0) is 10.1. The number of aliphatic imine (C=N–C) groups is 1. The van der Waals surface area contributed by atoms with Gasteiger partial charge in [-0.05, 0) is 6.42 Å². The fraction of sp³-hybridized carbons (Fsp3) is 0.714. The Kier molecular flexibility index (Phi) is 6.39. The fourth-order valence-electron chi connectivity index (χ4n) is 0.664. The van der Waals surface area contributed by atoms with Crippen molar-refractivity contribution in [2.24, 2.45) is 16.5 Å². The van der Waals surface area contributed by atoms with Crippen molar-refractivity contribution in [1.29, 1.82) is 0 Å². The molecule has 0 radical (unpaired) electrons. The highest BCUT2D eigenvalue weighted by Gasteiger charge is 1.91. The Balaban J connectivity index is 3.36. The number of carbonyl (C=O) groups is 1. The second-order valence-corrected chi connectivity index (χ2v) is 2.48. The SMILES string of the molecule is CCCN=C(N)NCCNC(N)=O. The average molecular weight is 187 g/mol. The van der Waals surface area contributed by atoms with Crippen LogP contribution in [0.1, 0.15) is 13.3 Å². The molecule has 76 valence electrons. The molecule has 0 aromatic rings. The Bertz CT molecular complexity index is 180. The van der Waals surface area contributed by atoms with Gasteiger partial charge in [0, 0.05) is 19.6 Å². The van der Waals surface area contributed by atoms with Gasteiger partial charge < -0.3 is 22.1 Å². The van der Waals surface area contributed by atoms with Crippen LogP contribution in [0, 0.1) is 0 Å². The van der Waals surface area contributed by atoms with Gasteiger partial charge in [0.2, 0.25) is 0 Å². The normalized spacial score (nSPS) is 11.0. The molecule has 2 amide bonds. The summed E-state index contributed by atoms with van der Waals surface area (Å²) in [7, 11) is 0. The number of urea groups is 1. The third-order valence-corrected chi connectivity index (χ3v) is 1.24. The van der Waals surface area contributed by atoms with E-state index in [0.29, 0.717) is 25.6 Å². The lowest BCUT2D eigenvalue weighted by Crippen LogP contribution is -2.40. The molecule has 0 aromatic carbocycles. The van der Waals surface area contributed by atoms with Gasteiger partial charge in [-0.1, -0.05) is 6.92 Å². The Morgan fingerprint density at radius 2 is 1.92 bits per heavy atom. The van der Waals surface area contributed by atoms with Gasteiger partial charge in [-0.2, -0.15) is 0 Å². The number of nitrogens with one attached hydrogen (secondary N) is 2. The van der Waals surface area contributed by atoms with Crippen LogP contribution in [-0.2, 0) is 0 Å². The first-order valence-electron chi connectivity index (χ1n) is 4.24. The van der Waals surface area contributed by atoms with Gasteiger partial charge in [0.05, 0.1) is 0 Å². The summed E-state index contributed by atoms with van der Waals surface area (Å²) in [4.78, 5) is 14.2. The minimum Gasteiger partial charge on any atom is -0.370 e. The highest BCUT2D eigenvalue weighted by Crippen LogP contribution is 1.75. The summed E-state index contributed by atoms with van der Waals surface area (Å²) in [5.41, 5.74) is 10.3. The number of nitrogens with zero attached hydrogens (tertiary/aromatic N) is 1. The molecule has 0 atom stereocenters. The number of guanidine groups is 1. The number of primary amides is 1. The molecule has 0 fully saturated rings. The van der Waals surface area contributed by atoms with E-state index in [9.17, 15) is 4.79 Å². The Morgan fingerprint density at radius 3 is 2.46 bits per heavy atom. The van der Waals surface area contributed by atoms with Crippen molar-refractivity contribution < 1.29 is 4.79 Å². The molecule has 0 rings (SSSR count). The predicted molar refractivity (Wildman–Crippen MR) is 52.4 cm³/mol. The first-order chi connectivity index (χ1) is 6.16. The van der Waals surface area contributed by atoms with Gasteiger partial charge in [0.15, 0.2) is 5.96 Å². The standard InChI is InChI=1S/C7H17N5O/c1-2-3-10-6(8)11-4-5-12-7(9)13/h2-5H2,1H3,(H3,8,10,11)(H3,9,12,13). The minimum atomic E-state index is -0.536. The van der Waals surface area contributed by atoms with Crippen LogP contribution >= 0.6 is 0 Å². The molecule has 0 saturated heterocycles. The first kappa shape index (κ1) is 11.5. The summed E-state index contributed by atoms with van der Waals surface area (Å²) in [5.74, 6) is 0.396. The number of hydrogen-bond donors (Lipinski definition) is 4. The topological polar surface area (TPSA) is 106 Å². The van der Waals surface area contributed by atoms with Gasteiger partial charge >= 0.3 is 6.03 Å². The van der Waals surface area contributed by atoms with Crippen LogP contribution in [-0.4, -0.2) is 31.6 Å². The van der Waals surface area contributed by atoms with E-state index in [1.165, 1.54) is 0 Å². The van der Waals surface area contributed by atoms with Crippen molar-refractivity contribution in [1.82, 2.24) is 10.6 Å². The monoisotopic (exact) mass is 187 g/mol. The van der Waals surface area contributed by atoms with Crippen LogP contribution < -0.4 is 22.1 Å². The lowest BCUT2D eigenvalue weighted by atomic mass is 10.5. The van der Waals surface area contributed by atoms with Crippen LogP contribution in [0.4, 0.5) is 4.79 Å². The second-order valence-electron chi connectivity index (χ2n) is 2.48. The van der Waals surface area contributed by atoms with Gasteiger partial charge in [-0.25, -0.2) is 4.79 Å². The van der Waals surface area contributed by atoms with E-state index >= 15 is 0 Å². The third kappa shape index (κ3) is 8.45. The fourth-order valence-corrected chi connectivity index (χ4v) is 0.664. The Morgan fingerprint density at radius 1 is 1.31 bits per heavy atom. The smallest absolute Gasteiger partial charge is 0.312 e. The molecule has 13 heavy (non-hydrogen) atoms. The maximum atomic E-state index is 10.2. The Hall–Kier alpha value is -1.46. The largest absolute Gasteiger partial charge is 0.370 e. The van der Waals surface area contributed by atoms with Gasteiger partial charge in [-0.15, -0.1) is 0 Å². The summed E-state index contributed by atoms with van der Waals surface area (Å²) < 4.78 is 0. The third-order valence-electron chi connectivity index (χ3n) is 1.24. The second kappa shape index (κ2) is 7.20. The van der Waals surface area contributed by atoms with E-state index in [1.54, 1.807) is 0 Å². The molecular weight excluding hydrogens is 170 g/mol. The molecule has 0 saturated carbocycles. The van der Waals surface area contributed by atoms with E-state index in [1.807, 2.05) is 6.92 Å². The first-order valence-corrected chi connectivity index (χ1v) is 4.24. The van der Waals surface area contributed by atoms with E-state index in [-0.39, 0.29) is 0 Å². The van der Waals surface area contributed by atoms with E-state index < -0.39 is 6.03 Å². The molecule has 0 aliphatic carbocycles. The van der Waals surface area contributed by atoms with Gasteiger partial charge in [0.1, 0.15) is 0 Å². The number of amides is 2. The summed E-state index contributed by atoms with van der Waals surface area (Å²) in [6.45, 7) is 3.70. The molecule has 0 spiro atoms. The van der Waals surface area contributed by atoms with Crippen molar-refractivity contribution >= 4 is 12.0 Å². The summed E-state index contributed by atoms with van der Waals surface area (Å²) in [6.07, 6.45) is 0.960. The maximum absolute atomic E-state index is 10.2. The van der Waals surface area contributed by atoms with Crippen LogP contribution in [0.3, 0.4) is 0 Å². The van der Waals surface area contributed by atoms with Crippen molar-refractivity contribution in [3.05, 3.63) is 0 Å². The summed E-state index contributed by atoms with van der Waals surface area (Å²) in [5, 5.41) is 5.25. The number of rotatable bonds is 5. The summed E-state index contributed by atoms with van der Waals surface area (Å²) >= 11 is 0. The molecule has 0 aliphatic heterocycles. The highest BCUT2D eigenvalue weighted by atomic mass is 16.2. The molecule has 0 unspecified atom stereocenters. The predicted octanol–water partition coefficient (Wildman–Crippen LogP) is -1.03. The molecule has 0 aromatic heterocycles. The molecule has 0 aliphatic rings. The van der Waals surface area contributed by atoms with Gasteiger partial charge in [0.25, 0.3) is 0 Å². The van der Waals surface area contributed by atoms with Crippen molar-refractivity contribution in [3.63, 3.8) is 0 Å². The molecule has 0 bridgehead atoms. The number of nitrogens with two attached hydrogens (primary N) is 2. The zero-order valence-electron chi connectivity index (χ0n) is 7.84. The highest BCUT2D eigenvalue weighted by molar-refractivity contribution is 5.77. The quantitative estimate of drug-likeness (QED) is 0.251. The van der Waals surface area contributed by atoms with Crippen LogP contribution in [0.15, 0.2) is 4.99 Å². The zero-order valence-corrected chi connectivity index (χ0v) is 7.84. The van der Waals surface area contributed by atoms with Crippen LogP contribution in [0.25, 0.3) is 0 Å². The molecular formula is C7H17N5O. The van der Waals surface area contributed by atoms with Crippen LogP contribution in [0.5, 0.6) is 0 Å². The van der Waals surface area contributed by atoms with E-state index in [4.69, 9.17) is 11.5 Å². The number of hydrogen-bond acceptors (Lipinski definition) is 2. The van der Waals surface area contributed by atoms with E-state index in [2.05, 4.69) is 15.6 Å². The van der Waals surface area contributed by atoms with Crippen molar-refractivity contribution in [3.8, 4) is 0 Å². The van der Waals surface area contributed by atoms with E-state index in [0.717, 1.165) is 6.42 Å². The summed E-state index contributed by atoms with van der Waals surface area (Å²) in [6, 6.07) is -0.536. The average Bonchev–Trinajstić information content (AvgIpc) is 2.08. The van der Waals surface area contributed by atoms with Crippen molar-refractivity contribution in [2.45, 2.75) is 13.3 Å². The number of carbonyl (C=O) groups excluding carboxylic acids is 1. The lowest BCUT2D eigenvalue weighted by Gasteiger charge is -2.04. The van der Waals surface area contributed by atoms with Crippen molar-refractivity contribution in [2.75, 3.05) is 19.6 Å². The molecule has 0 heterocycles. The maximum Gasteiger partial charge on any atom is 0.312 e. The lowest BCUT2D eigenvalue weighted by molar-refractivity contribution is 0.249. The van der Waals surface area contributed by atoms with Gasteiger partial charge in [-0.3, -0.25) is 4.99 Å². The minimum absolute atomic E-state index is 0.396. The Labute approximate surface area is 77.8 Å². The molecule has 6 nitrogen and oxygen atoms in total. The van der Waals surface area contributed by atoms with Crippen LogP contribution in [0.2, 0.25) is 0 Å².